The number of nitrogens with two attached hydrogens (primary N) is 1. The molecule has 114 valence electrons. The molecule has 0 saturated heterocycles. The minimum atomic E-state index is -0.929. The van der Waals surface area contributed by atoms with E-state index in [0.717, 1.165) is 22.2 Å². The van der Waals surface area contributed by atoms with Crippen LogP contribution in [0.5, 0.6) is 0 Å². The minimum Gasteiger partial charge on any atom is -0.388 e. The van der Waals surface area contributed by atoms with Gasteiger partial charge in [-0.25, -0.2) is 9.97 Å². The Balaban J connectivity index is 2.16. The lowest BCUT2D eigenvalue weighted by Crippen LogP contribution is -2.39. The number of nitrogen functional groups attached to an aromatic ring is 1. The summed E-state index contributed by atoms with van der Waals surface area (Å²) in [5.74, 6) is 1.18. The Hall–Kier alpha value is -2.18. The molecule has 0 unspecified atom stereocenters. The minimum absolute atomic E-state index is 0.216. The number of aliphatic hydroxyl groups is 1. The predicted molar refractivity (Wildman–Crippen MR) is 84.4 cm³/mol. The summed E-state index contributed by atoms with van der Waals surface area (Å²) in [7, 11) is 0. The number of aromatic nitrogens is 3. The molecule has 0 aliphatic carbocycles. The van der Waals surface area contributed by atoms with Crippen molar-refractivity contribution in [1.82, 2.24) is 14.5 Å². The van der Waals surface area contributed by atoms with Gasteiger partial charge in [0.05, 0.1) is 29.3 Å². The predicted octanol–water partition coefficient (Wildman–Crippen LogP) is 2.01. The summed E-state index contributed by atoms with van der Waals surface area (Å²) in [6.07, 6.45) is 0. The lowest BCUT2D eigenvalue weighted by atomic mass is 9.98. The third kappa shape index (κ3) is 1.81. The molecule has 3 N–H and O–H groups in total. The number of ether oxygens (including phenoxy) is 1. The van der Waals surface area contributed by atoms with Gasteiger partial charge in [0.2, 0.25) is 0 Å². The fourth-order valence-electron chi connectivity index (χ4n) is 3.16. The van der Waals surface area contributed by atoms with Gasteiger partial charge in [-0.1, -0.05) is 18.2 Å². The maximum absolute atomic E-state index is 10.5. The van der Waals surface area contributed by atoms with Crippen molar-refractivity contribution < 1.29 is 9.84 Å². The van der Waals surface area contributed by atoms with Gasteiger partial charge < -0.3 is 20.1 Å². The molecule has 0 fully saturated rings. The van der Waals surface area contributed by atoms with E-state index < -0.39 is 5.60 Å². The molecule has 22 heavy (non-hydrogen) atoms. The second-order valence-electron chi connectivity index (χ2n) is 6.29. The van der Waals surface area contributed by atoms with E-state index in [1.807, 2.05) is 24.3 Å². The van der Waals surface area contributed by atoms with E-state index in [0.29, 0.717) is 24.5 Å². The topological polar surface area (TPSA) is 86.2 Å². The van der Waals surface area contributed by atoms with Crippen LogP contribution in [-0.4, -0.2) is 31.8 Å². The highest BCUT2D eigenvalue weighted by Gasteiger charge is 2.35. The number of para-hydroxylation sites is 1. The van der Waals surface area contributed by atoms with Crippen LogP contribution in [0.3, 0.4) is 0 Å². The first kappa shape index (κ1) is 13.5. The zero-order chi connectivity index (χ0) is 15.5. The molecule has 3 aromatic rings. The molecule has 0 bridgehead atoms. The molecule has 1 aliphatic rings. The van der Waals surface area contributed by atoms with Crippen molar-refractivity contribution in [3.8, 4) is 0 Å². The van der Waals surface area contributed by atoms with Crippen LogP contribution in [0.25, 0.3) is 21.9 Å². The molecule has 1 aliphatic heterocycles. The van der Waals surface area contributed by atoms with Gasteiger partial charge in [-0.15, -0.1) is 0 Å². The number of benzene rings is 1. The van der Waals surface area contributed by atoms with Gasteiger partial charge >= 0.3 is 0 Å². The molecule has 6 nitrogen and oxygen atoms in total. The van der Waals surface area contributed by atoms with Crippen molar-refractivity contribution in [2.75, 3.05) is 12.3 Å². The van der Waals surface area contributed by atoms with Crippen molar-refractivity contribution in [3.63, 3.8) is 0 Å². The zero-order valence-corrected chi connectivity index (χ0v) is 12.6. The molecule has 0 amide bonds. The van der Waals surface area contributed by atoms with Crippen LogP contribution in [-0.2, 0) is 11.3 Å². The van der Waals surface area contributed by atoms with Crippen LogP contribution < -0.4 is 5.73 Å². The highest BCUT2D eigenvalue weighted by Crippen LogP contribution is 2.36. The number of imidazole rings is 1. The first-order valence-corrected chi connectivity index (χ1v) is 7.32. The number of hydrogen-bond donors (Lipinski definition) is 2. The average molecular weight is 298 g/mol. The van der Waals surface area contributed by atoms with Crippen LogP contribution in [0.4, 0.5) is 5.82 Å². The number of hydrogen-bond acceptors (Lipinski definition) is 5. The van der Waals surface area contributed by atoms with E-state index in [9.17, 15) is 5.11 Å². The SMILES string of the molecule is CC(C)(O)[C@@H]1COCc2nc3c(N)nc4ccccc4c3n21. The number of nitrogens with zero attached hydrogens (tertiary/aromatic N) is 3. The van der Waals surface area contributed by atoms with E-state index in [-0.39, 0.29) is 6.04 Å². The molecule has 0 radical (unpaired) electrons. The maximum Gasteiger partial charge on any atom is 0.152 e. The summed E-state index contributed by atoms with van der Waals surface area (Å²) in [6.45, 7) is 4.43. The molecule has 3 heterocycles. The zero-order valence-electron chi connectivity index (χ0n) is 12.6. The summed E-state index contributed by atoms with van der Waals surface area (Å²) >= 11 is 0. The van der Waals surface area contributed by atoms with E-state index >= 15 is 0 Å². The monoisotopic (exact) mass is 298 g/mol. The summed E-state index contributed by atoms with van der Waals surface area (Å²) in [4.78, 5) is 9.04. The van der Waals surface area contributed by atoms with E-state index in [1.165, 1.54) is 0 Å². The van der Waals surface area contributed by atoms with Crippen molar-refractivity contribution in [1.29, 1.82) is 0 Å². The van der Waals surface area contributed by atoms with E-state index in [1.54, 1.807) is 13.8 Å². The molecule has 2 aromatic heterocycles. The van der Waals surface area contributed by atoms with Crippen molar-refractivity contribution in [3.05, 3.63) is 30.1 Å². The molecule has 0 saturated carbocycles. The highest BCUT2D eigenvalue weighted by molar-refractivity contribution is 6.06. The van der Waals surface area contributed by atoms with Gasteiger partial charge in [0.25, 0.3) is 0 Å². The Kier molecular flexibility index (Phi) is 2.70. The molecule has 6 heteroatoms. The smallest absolute Gasteiger partial charge is 0.152 e. The second kappa shape index (κ2) is 4.41. The van der Waals surface area contributed by atoms with Gasteiger partial charge in [-0.2, -0.15) is 0 Å². The summed E-state index contributed by atoms with van der Waals surface area (Å²) < 4.78 is 7.68. The molecule has 1 atom stereocenters. The Bertz CT molecular complexity index is 879. The van der Waals surface area contributed by atoms with Crippen LogP contribution in [0.2, 0.25) is 0 Å². The Morgan fingerprint density at radius 2 is 2.09 bits per heavy atom. The first-order chi connectivity index (χ1) is 10.5. The van der Waals surface area contributed by atoms with Gasteiger partial charge in [-0.3, -0.25) is 0 Å². The Labute approximate surface area is 127 Å². The van der Waals surface area contributed by atoms with E-state index in [4.69, 9.17) is 10.5 Å². The number of anilines is 1. The van der Waals surface area contributed by atoms with Gasteiger partial charge in [0.1, 0.15) is 17.9 Å². The quantitative estimate of drug-likeness (QED) is 0.717. The summed E-state index contributed by atoms with van der Waals surface area (Å²) in [5, 5.41) is 11.5. The van der Waals surface area contributed by atoms with Gasteiger partial charge in [0.15, 0.2) is 5.82 Å². The molecule has 4 rings (SSSR count). The van der Waals surface area contributed by atoms with Crippen LogP contribution in [0.1, 0.15) is 25.7 Å². The van der Waals surface area contributed by atoms with Gasteiger partial charge in [-0.05, 0) is 19.9 Å². The van der Waals surface area contributed by atoms with Crippen molar-refractivity contribution >= 4 is 27.8 Å². The fraction of sp³-hybridized carbons (Fsp3) is 0.375. The first-order valence-electron chi connectivity index (χ1n) is 7.32. The lowest BCUT2D eigenvalue weighted by Gasteiger charge is -2.35. The fourth-order valence-corrected chi connectivity index (χ4v) is 3.16. The third-order valence-electron chi connectivity index (χ3n) is 4.26. The Morgan fingerprint density at radius 3 is 2.86 bits per heavy atom. The van der Waals surface area contributed by atoms with Crippen LogP contribution in [0, 0.1) is 0 Å². The largest absolute Gasteiger partial charge is 0.388 e. The lowest BCUT2D eigenvalue weighted by molar-refractivity contribution is -0.0452. The maximum atomic E-state index is 10.5. The van der Waals surface area contributed by atoms with Gasteiger partial charge in [0, 0.05) is 5.39 Å². The Morgan fingerprint density at radius 1 is 1.32 bits per heavy atom. The van der Waals surface area contributed by atoms with Crippen molar-refractivity contribution in [2.45, 2.75) is 32.1 Å². The third-order valence-corrected chi connectivity index (χ3v) is 4.26. The standard InChI is InChI=1S/C16H18N4O2/c1-16(2,21)11-7-22-8-12-19-13-14(20(11)12)9-5-3-4-6-10(9)18-15(13)17/h3-6,11,21H,7-8H2,1-2H3,(H2,17,18)/t11-/m0/s1. The van der Waals surface area contributed by atoms with Crippen LogP contribution >= 0.6 is 0 Å². The molecule has 0 spiro atoms. The van der Waals surface area contributed by atoms with Crippen molar-refractivity contribution in [2.24, 2.45) is 0 Å². The number of rotatable bonds is 1. The van der Waals surface area contributed by atoms with E-state index in [2.05, 4.69) is 14.5 Å². The number of pyridine rings is 1. The summed E-state index contributed by atoms with van der Waals surface area (Å²) in [6, 6.07) is 7.63. The van der Waals surface area contributed by atoms with Crippen LogP contribution in [0.15, 0.2) is 24.3 Å². The number of fused-ring (bicyclic) bond motifs is 5. The highest BCUT2D eigenvalue weighted by atomic mass is 16.5. The molecular weight excluding hydrogens is 280 g/mol. The molecule has 1 aromatic carbocycles. The normalized spacial score (nSPS) is 18.8. The summed E-state index contributed by atoms with van der Waals surface area (Å²) in [5.41, 5.74) is 7.60. The second-order valence-corrected chi connectivity index (χ2v) is 6.29. The average Bonchev–Trinajstić information content (AvgIpc) is 2.86. The molecular formula is C16H18N4O2.